The highest BCUT2D eigenvalue weighted by atomic mass is 32.2. The van der Waals surface area contributed by atoms with E-state index >= 15 is 0 Å². The van der Waals surface area contributed by atoms with Gasteiger partial charge in [-0.05, 0) is 43.0 Å². The maximum absolute atomic E-state index is 11.9. The molecule has 1 aliphatic rings. The Morgan fingerprint density at radius 2 is 1.92 bits per heavy atom. The first-order valence-corrected chi connectivity index (χ1v) is 9.69. The fourth-order valence-electron chi connectivity index (χ4n) is 2.61. The third kappa shape index (κ3) is 5.51. The highest BCUT2D eigenvalue weighted by Crippen LogP contribution is 2.18. The molecule has 130 valence electrons. The molecule has 0 saturated carbocycles. The number of carbonyl (C=O) groups excluding carboxylic acids is 1. The SMILES string of the molecule is CS(=O)(=O)N1CCC(CNC(=O)CNc2ccc(C#N)cc2)CC1. The molecule has 2 rings (SSSR count). The van der Waals surface area contributed by atoms with E-state index in [2.05, 4.69) is 10.6 Å². The highest BCUT2D eigenvalue weighted by Gasteiger charge is 2.24. The molecular weight excluding hydrogens is 328 g/mol. The predicted octanol–water partition coefficient (Wildman–Crippen LogP) is 0.758. The lowest BCUT2D eigenvalue weighted by atomic mass is 9.98. The van der Waals surface area contributed by atoms with Crippen molar-refractivity contribution in [2.45, 2.75) is 12.8 Å². The van der Waals surface area contributed by atoms with Crippen molar-refractivity contribution in [1.29, 1.82) is 5.26 Å². The van der Waals surface area contributed by atoms with Gasteiger partial charge in [-0.1, -0.05) is 0 Å². The average Bonchev–Trinajstić information content (AvgIpc) is 2.58. The Hall–Kier alpha value is -2.11. The summed E-state index contributed by atoms with van der Waals surface area (Å²) >= 11 is 0. The fraction of sp³-hybridized carbons (Fsp3) is 0.500. The van der Waals surface area contributed by atoms with Crippen LogP contribution in [0.5, 0.6) is 0 Å². The van der Waals surface area contributed by atoms with Crippen LogP contribution in [0.1, 0.15) is 18.4 Å². The second kappa shape index (κ2) is 8.13. The Morgan fingerprint density at radius 3 is 2.46 bits per heavy atom. The first-order valence-electron chi connectivity index (χ1n) is 7.84. The number of nitrogens with one attached hydrogen (secondary N) is 2. The monoisotopic (exact) mass is 350 g/mol. The zero-order valence-corrected chi connectivity index (χ0v) is 14.5. The molecule has 0 aliphatic carbocycles. The van der Waals surface area contributed by atoms with Gasteiger partial charge in [-0.15, -0.1) is 0 Å². The minimum absolute atomic E-state index is 0.107. The molecule has 0 aromatic heterocycles. The molecule has 0 atom stereocenters. The van der Waals surface area contributed by atoms with Crippen molar-refractivity contribution in [3.63, 3.8) is 0 Å². The number of hydrogen-bond donors (Lipinski definition) is 2. The lowest BCUT2D eigenvalue weighted by molar-refractivity contribution is -0.119. The van der Waals surface area contributed by atoms with Gasteiger partial charge >= 0.3 is 0 Å². The standard InChI is InChI=1S/C16H22N4O3S/c1-24(22,23)20-8-6-14(7-9-20)11-19-16(21)12-18-15-4-2-13(10-17)3-5-15/h2-5,14,18H,6-9,11-12H2,1H3,(H,19,21). The van der Waals surface area contributed by atoms with Crippen molar-refractivity contribution in [1.82, 2.24) is 9.62 Å². The third-order valence-corrected chi connectivity index (χ3v) is 5.40. The van der Waals surface area contributed by atoms with Crippen LogP contribution in [-0.2, 0) is 14.8 Å². The van der Waals surface area contributed by atoms with E-state index in [1.165, 1.54) is 10.6 Å². The molecule has 2 N–H and O–H groups in total. The lowest BCUT2D eigenvalue weighted by Gasteiger charge is -2.30. The van der Waals surface area contributed by atoms with Crippen LogP contribution in [0.25, 0.3) is 0 Å². The summed E-state index contributed by atoms with van der Waals surface area (Å²) < 4.78 is 24.4. The van der Waals surface area contributed by atoms with Crippen molar-refractivity contribution in [2.24, 2.45) is 5.92 Å². The minimum atomic E-state index is -3.11. The summed E-state index contributed by atoms with van der Waals surface area (Å²) in [7, 11) is -3.11. The fourth-order valence-corrected chi connectivity index (χ4v) is 3.48. The maximum atomic E-state index is 11.9. The molecule has 1 saturated heterocycles. The summed E-state index contributed by atoms with van der Waals surface area (Å²) in [5.74, 6) is 0.201. The number of hydrogen-bond acceptors (Lipinski definition) is 5. The zero-order valence-electron chi connectivity index (χ0n) is 13.7. The van der Waals surface area contributed by atoms with Gasteiger partial charge in [0.25, 0.3) is 0 Å². The molecule has 7 nitrogen and oxygen atoms in total. The number of carbonyl (C=O) groups is 1. The molecule has 8 heteroatoms. The Morgan fingerprint density at radius 1 is 1.29 bits per heavy atom. The predicted molar refractivity (Wildman–Crippen MR) is 91.8 cm³/mol. The molecule has 1 aliphatic heterocycles. The number of benzene rings is 1. The Labute approximate surface area is 142 Å². The number of sulfonamides is 1. The number of anilines is 1. The van der Waals surface area contributed by atoms with Crippen LogP contribution >= 0.6 is 0 Å². The molecule has 1 fully saturated rings. The topological polar surface area (TPSA) is 102 Å². The minimum Gasteiger partial charge on any atom is -0.376 e. The van der Waals surface area contributed by atoms with Gasteiger partial charge in [0.1, 0.15) is 0 Å². The van der Waals surface area contributed by atoms with Gasteiger partial charge in [-0.3, -0.25) is 4.79 Å². The van der Waals surface area contributed by atoms with E-state index in [0.29, 0.717) is 31.1 Å². The highest BCUT2D eigenvalue weighted by molar-refractivity contribution is 7.88. The second-order valence-corrected chi connectivity index (χ2v) is 7.93. The van der Waals surface area contributed by atoms with Crippen LogP contribution < -0.4 is 10.6 Å². The average molecular weight is 350 g/mol. The van der Waals surface area contributed by atoms with Gasteiger partial charge in [-0.2, -0.15) is 5.26 Å². The molecule has 1 heterocycles. The van der Waals surface area contributed by atoms with Crippen LogP contribution in [0.3, 0.4) is 0 Å². The summed E-state index contributed by atoms with van der Waals surface area (Å²) in [6, 6.07) is 8.93. The van der Waals surface area contributed by atoms with Gasteiger partial charge in [-0.25, -0.2) is 12.7 Å². The van der Waals surface area contributed by atoms with Crippen molar-refractivity contribution in [3.05, 3.63) is 29.8 Å². The Kier molecular flexibility index (Phi) is 6.17. The molecule has 0 bridgehead atoms. The number of amides is 1. The Bertz CT molecular complexity index is 702. The van der Waals surface area contributed by atoms with E-state index in [-0.39, 0.29) is 12.5 Å². The van der Waals surface area contributed by atoms with E-state index in [1.54, 1.807) is 24.3 Å². The van der Waals surface area contributed by atoms with Gasteiger partial charge in [0, 0.05) is 25.3 Å². The first kappa shape index (κ1) is 18.2. The first-order chi connectivity index (χ1) is 11.4. The van der Waals surface area contributed by atoms with Crippen molar-refractivity contribution < 1.29 is 13.2 Å². The molecule has 0 radical (unpaired) electrons. The number of piperidine rings is 1. The molecule has 1 aromatic carbocycles. The van der Waals surface area contributed by atoms with Gasteiger partial charge in [0.15, 0.2) is 0 Å². The van der Waals surface area contributed by atoms with E-state index in [4.69, 9.17) is 5.26 Å². The van der Waals surface area contributed by atoms with Gasteiger partial charge in [0.05, 0.1) is 24.4 Å². The normalized spacial score (nSPS) is 16.3. The largest absolute Gasteiger partial charge is 0.376 e. The summed E-state index contributed by atoms with van der Waals surface area (Å²) in [5.41, 5.74) is 1.36. The quantitative estimate of drug-likeness (QED) is 0.788. The van der Waals surface area contributed by atoms with Crippen LogP contribution in [-0.4, -0.2) is 51.1 Å². The molecular formula is C16H22N4O3S. The lowest BCUT2D eigenvalue weighted by Crippen LogP contribution is -2.41. The molecule has 0 spiro atoms. The third-order valence-electron chi connectivity index (χ3n) is 4.10. The van der Waals surface area contributed by atoms with Crippen LogP contribution in [0.4, 0.5) is 5.69 Å². The smallest absolute Gasteiger partial charge is 0.239 e. The number of nitrogens with zero attached hydrogens (tertiary/aromatic N) is 2. The van der Waals surface area contributed by atoms with Crippen molar-refractivity contribution >= 4 is 21.6 Å². The number of rotatable bonds is 6. The van der Waals surface area contributed by atoms with Crippen LogP contribution in [0.15, 0.2) is 24.3 Å². The van der Waals surface area contributed by atoms with Gasteiger partial charge in [0.2, 0.25) is 15.9 Å². The van der Waals surface area contributed by atoms with Gasteiger partial charge < -0.3 is 10.6 Å². The molecule has 0 unspecified atom stereocenters. The molecule has 1 aromatic rings. The summed E-state index contributed by atoms with van der Waals surface area (Å²) in [4.78, 5) is 11.9. The second-order valence-electron chi connectivity index (χ2n) is 5.95. The maximum Gasteiger partial charge on any atom is 0.239 e. The van der Waals surface area contributed by atoms with E-state index < -0.39 is 10.0 Å². The molecule has 24 heavy (non-hydrogen) atoms. The van der Waals surface area contributed by atoms with E-state index in [9.17, 15) is 13.2 Å². The number of nitriles is 1. The van der Waals surface area contributed by atoms with E-state index in [0.717, 1.165) is 18.5 Å². The van der Waals surface area contributed by atoms with Crippen molar-refractivity contribution in [3.8, 4) is 6.07 Å². The van der Waals surface area contributed by atoms with Crippen LogP contribution in [0, 0.1) is 17.2 Å². The zero-order chi connectivity index (χ0) is 17.6. The summed E-state index contributed by atoms with van der Waals surface area (Å²) in [5, 5.41) is 14.6. The summed E-state index contributed by atoms with van der Waals surface area (Å²) in [6.07, 6.45) is 2.75. The van der Waals surface area contributed by atoms with Crippen molar-refractivity contribution in [2.75, 3.05) is 37.8 Å². The molecule has 1 amide bonds. The van der Waals surface area contributed by atoms with E-state index in [1.807, 2.05) is 6.07 Å². The van der Waals surface area contributed by atoms with Crippen LogP contribution in [0.2, 0.25) is 0 Å². The Balaban J connectivity index is 1.67. The summed E-state index contributed by atoms with van der Waals surface area (Å²) in [6.45, 7) is 1.76.